The standard InChI is InChI=1S/C28H29NO2/c1-19-15-24(20(2)31-19)26(30)25-17-28(25)12-11-23(27(3,4)13-14-28)10-6-8-21-7-5-9-22(16-21)18-29/h5,7,9-10,15-16,25H,11-14,17H2,1-4H3/b23-10+. The van der Waals surface area contributed by atoms with Crippen LogP contribution in [0.1, 0.15) is 79.0 Å². The number of aryl methyl sites for hydroxylation is 2. The third-order valence-electron chi connectivity index (χ3n) is 7.28. The van der Waals surface area contributed by atoms with E-state index in [4.69, 9.17) is 9.68 Å². The molecule has 2 aromatic rings. The predicted octanol–water partition coefficient (Wildman–Crippen LogP) is 6.54. The van der Waals surface area contributed by atoms with Crippen molar-refractivity contribution in [1.29, 1.82) is 5.26 Å². The summed E-state index contributed by atoms with van der Waals surface area (Å²) in [7, 11) is 0. The molecule has 0 bridgehead atoms. The average molecular weight is 412 g/mol. The van der Waals surface area contributed by atoms with E-state index < -0.39 is 0 Å². The van der Waals surface area contributed by atoms with Crippen molar-refractivity contribution in [2.75, 3.05) is 0 Å². The molecule has 0 amide bonds. The first-order valence-corrected chi connectivity index (χ1v) is 11.1. The Hall–Kier alpha value is -3.04. The van der Waals surface area contributed by atoms with Crippen LogP contribution in [0.3, 0.4) is 0 Å². The van der Waals surface area contributed by atoms with Crippen molar-refractivity contribution in [3.63, 3.8) is 0 Å². The Morgan fingerprint density at radius 2 is 1.94 bits per heavy atom. The van der Waals surface area contributed by atoms with E-state index >= 15 is 0 Å². The molecule has 3 nitrogen and oxygen atoms in total. The summed E-state index contributed by atoms with van der Waals surface area (Å²) in [5.74, 6) is 8.34. The van der Waals surface area contributed by atoms with Crippen LogP contribution in [0.5, 0.6) is 0 Å². The Morgan fingerprint density at radius 1 is 1.16 bits per heavy atom. The lowest BCUT2D eigenvalue weighted by molar-refractivity contribution is 0.0942. The van der Waals surface area contributed by atoms with Gasteiger partial charge < -0.3 is 4.42 Å². The molecule has 2 fully saturated rings. The van der Waals surface area contributed by atoms with Crippen molar-refractivity contribution < 1.29 is 9.21 Å². The summed E-state index contributed by atoms with van der Waals surface area (Å²) < 4.78 is 5.60. The number of benzene rings is 1. The molecule has 31 heavy (non-hydrogen) atoms. The zero-order valence-corrected chi connectivity index (χ0v) is 18.8. The molecule has 0 saturated heterocycles. The van der Waals surface area contributed by atoms with Crippen molar-refractivity contribution in [2.24, 2.45) is 16.7 Å². The topological polar surface area (TPSA) is 54.0 Å². The number of Topliss-reactive ketones (excluding diaryl/α,β-unsaturated/α-hetero) is 1. The number of hydrogen-bond donors (Lipinski definition) is 0. The van der Waals surface area contributed by atoms with E-state index in [-0.39, 0.29) is 22.5 Å². The summed E-state index contributed by atoms with van der Waals surface area (Å²) >= 11 is 0. The van der Waals surface area contributed by atoms with E-state index in [0.717, 1.165) is 54.8 Å². The fraction of sp³-hybridized carbons (Fsp3) is 0.429. The van der Waals surface area contributed by atoms with E-state index in [1.807, 2.05) is 38.1 Å². The number of carbonyl (C=O) groups is 1. The lowest BCUT2D eigenvalue weighted by atomic mass is 9.79. The van der Waals surface area contributed by atoms with Gasteiger partial charge in [0.05, 0.1) is 17.2 Å². The average Bonchev–Trinajstić information content (AvgIpc) is 3.39. The molecule has 2 unspecified atom stereocenters. The van der Waals surface area contributed by atoms with Crippen LogP contribution in [0.4, 0.5) is 0 Å². The molecule has 0 N–H and O–H groups in total. The normalized spacial score (nSPS) is 25.4. The van der Waals surface area contributed by atoms with Crippen LogP contribution >= 0.6 is 0 Å². The van der Waals surface area contributed by atoms with Gasteiger partial charge in [0.25, 0.3) is 0 Å². The smallest absolute Gasteiger partial charge is 0.170 e. The number of rotatable bonds is 2. The Kier molecular flexibility index (Phi) is 5.40. The van der Waals surface area contributed by atoms with Gasteiger partial charge in [-0.05, 0) is 87.1 Å². The van der Waals surface area contributed by atoms with Gasteiger partial charge in [0.15, 0.2) is 5.78 Å². The molecule has 1 aromatic carbocycles. The molecule has 2 aliphatic carbocycles. The van der Waals surface area contributed by atoms with Gasteiger partial charge >= 0.3 is 0 Å². The van der Waals surface area contributed by atoms with Crippen LogP contribution in [0, 0.1) is 53.8 Å². The second kappa shape index (κ2) is 7.90. The first kappa shape index (κ1) is 21.2. The van der Waals surface area contributed by atoms with Crippen LogP contribution < -0.4 is 0 Å². The minimum absolute atomic E-state index is 0.0744. The quantitative estimate of drug-likeness (QED) is 0.417. The molecular formula is C28H29NO2. The minimum Gasteiger partial charge on any atom is -0.466 e. The van der Waals surface area contributed by atoms with E-state index in [9.17, 15) is 4.79 Å². The van der Waals surface area contributed by atoms with Gasteiger partial charge in [0.1, 0.15) is 11.5 Å². The van der Waals surface area contributed by atoms with Crippen LogP contribution in [0.25, 0.3) is 0 Å². The molecule has 3 heteroatoms. The van der Waals surface area contributed by atoms with Gasteiger partial charge in [0, 0.05) is 11.5 Å². The monoisotopic (exact) mass is 411 g/mol. The number of hydrogen-bond acceptors (Lipinski definition) is 3. The number of furan rings is 1. The van der Waals surface area contributed by atoms with Crippen molar-refractivity contribution in [1.82, 2.24) is 0 Å². The van der Waals surface area contributed by atoms with Crippen LogP contribution in [0.15, 0.2) is 46.4 Å². The predicted molar refractivity (Wildman–Crippen MR) is 121 cm³/mol. The highest BCUT2D eigenvalue weighted by Crippen LogP contribution is 2.64. The maximum absolute atomic E-state index is 13.1. The first-order valence-electron chi connectivity index (χ1n) is 11.1. The fourth-order valence-electron chi connectivity index (χ4n) is 5.04. The van der Waals surface area contributed by atoms with Gasteiger partial charge in [-0.3, -0.25) is 4.79 Å². The zero-order chi connectivity index (χ0) is 22.2. The molecule has 2 aliphatic rings. The van der Waals surface area contributed by atoms with E-state index in [2.05, 4.69) is 37.8 Å². The third-order valence-corrected chi connectivity index (χ3v) is 7.28. The first-order chi connectivity index (χ1) is 14.7. The highest BCUT2D eigenvalue weighted by molar-refractivity contribution is 6.01. The van der Waals surface area contributed by atoms with E-state index in [1.54, 1.807) is 6.07 Å². The summed E-state index contributed by atoms with van der Waals surface area (Å²) in [4.78, 5) is 13.1. The van der Waals surface area contributed by atoms with Gasteiger partial charge in [0.2, 0.25) is 0 Å². The van der Waals surface area contributed by atoms with Crippen LogP contribution in [-0.2, 0) is 0 Å². The van der Waals surface area contributed by atoms with E-state index in [1.165, 1.54) is 5.57 Å². The fourth-order valence-corrected chi connectivity index (χ4v) is 5.04. The Labute approximate surface area is 185 Å². The number of nitriles is 1. The third kappa shape index (κ3) is 4.24. The van der Waals surface area contributed by atoms with Crippen LogP contribution in [0.2, 0.25) is 0 Å². The molecule has 1 spiro atoms. The number of allylic oxidation sites excluding steroid dienone is 2. The Morgan fingerprint density at radius 3 is 2.65 bits per heavy atom. The minimum atomic E-state index is 0.0744. The van der Waals surface area contributed by atoms with Gasteiger partial charge in [-0.2, -0.15) is 5.26 Å². The van der Waals surface area contributed by atoms with Crippen molar-refractivity contribution >= 4 is 5.78 Å². The highest BCUT2D eigenvalue weighted by atomic mass is 16.3. The summed E-state index contributed by atoms with van der Waals surface area (Å²) in [6, 6.07) is 11.5. The summed E-state index contributed by atoms with van der Waals surface area (Å²) in [6.45, 7) is 8.36. The second-order valence-electron chi connectivity index (χ2n) is 9.83. The Bertz CT molecular complexity index is 1160. The summed E-state index contributed by atoms with van der Waals surface area (Å²) in [6.07, 6.45) is 7.23. The molecule has 2 atom stereocenters. The number of nitrogens with zero attached hydrogens (tertiary/aromatic N) is 1. The summed E-state index contributed by atoms with van der Waals surface area (Å²) in [5.41, 5.74) is 3.83. The SMILES string of the molecule is Cc1cc(C(=O)C2CC23CC/C(=C\C#Cc2cccc(C#N)c2)C(C)(C)CC3)c(C)o1. The zero-order valence-electron chi connectivity index (χ0n) is 18.8. The molecule has 158 valence electrons. The maximum Gasteiger partial charge on any atom is 0.170 e. The molecule has 1 aromatic heterocycles. The summed E-state index contributed by atoms with van der Waals surface area (Å²) in [5, 5.41) is 9.06. The van der Waals surface area contributed by atoms with Gasteiger partial charge in [-0.15, -0.1) is 0 Å². The maximum atomic E-state index is 13.1. The second-order valence-corrected chi connectivity index (χ2v) is 9.83. The highest BCUT2D eigenvalue weighted by Gasteiger charge is 2.58. The van der Waals surface area contributed by atoms with Crippen molar-refractivity contribution in [3.05, 3.63) is 70.2 Å². The lowest BCUT2D eigenvalue weighted by Gasteiger charge is -2.25. The van der Waals surface area contributed by atoms with E-state index in [0.29, 0.717) is 5.56 Å². The molecule has 0 aliphatic heterocycles. The molecule has 0 radical (unpaired) electrons. The number of carbonyl (C=O) groups excluding carboxylic acids is 1. The van der Waals surface area contributed by atoms with Crippen molar-refractivity contribution in [3.8, 4) is 17.9 Å². The largest absolute Gasteiger partial charge is 0.466 e. The molecule has 1 heterocycles. The Balaban J connectivity index is 1.50. The van der Waals surface area contributed by atoms with Gasteiger partial charge in [-0.25, -0.2) is 0 Å². The number of ketones is 1. The molecular weight excluding hydrogens is 382 g/mol. The molecule has 4 rings (SSSR count). The molecule has 2 saturated carbocycles. The van der Waals surface area contributed by atoms with Gasteiger partial charge in [-0.1, -0.05) is 37.3 Å². The lowest BCUT2D eigenvalue weighted by Crippen LogP contribution is -2.14. The van der Waals surface area contributed by atoms with Crippen LogP contribution in [-0.4, -0.2) is 5.78 Å². The van der Waals surface area contributed by atoms with Crippen molar-refractivity contribution in [2.45, 2.75) is 59.8 Å².